The molecular formula is C46H82N2O6S2Si2. The Morgan fingerprint density at radius 1 is 0.569 bits per heavy atom. The van der Waals surface area contributed by atoms with Crippen LogP contribution in [0.2, 0.25) is 36.3 Å². The lowest BCUT2D eigenvalue weighted by Crippen LogP contribution is -2.54. The Bertz CT molecular complexity index is 1420. The van der Waals surface area contributed by atoms with Crippen LogP contribution in [-0.4, -0.2) is 72.1 Å². The predicted octanol–water partition coefficient (Wildman–Crippen LogP) is 11.7. The van der Waals surface area contributed by atoms with Crippen LogP contribution in [0.1, 0.15) is 109 Å². The summed E-state index contributed by atoms with van der Waals surface area (Å²) in [6, 6.07) is 19.4. The van der Waals surface area contributed by atoms with Gasteiger partial charge in [0.1, 0.15) is 24.7 Å². The predicted molar refractivity (Wildman–Crippen MR) is 257 cm³/mol. The van der Waals surface area contributed by atoms with Crippen LogP contribution in [0.3, 0.4) is 0 Å². The largest absolute Gasteiger partial charge is 0.491 e. The number of hydrogen-bond acceptors (Lipinski definition) is 6. The Labute approximate surface area is 362 Å². The molecule has 12 heteroatoms. The number of allylic oxidation sites excluding steroid dienone is 2. The Morgan fingerprint density at radius 2 is 0.862 bits per heavy atom. The van der Waals surface area contributed by atoms with Crippen molar-refractivity contribution in [2.75, 3.05) is 13.2 Å². The summed E-state index contributed by atoms with van der Waals surface area (Å²) in [7, 11) is -6.49. The molecule has 6 atom stereocenters. The van der Waals surface area contributed by atoms with Gasteiger partial charge in [-0.25, -0.2) is 17.9 Å². The van der Waals surface area contributed by atoms with Crippen LogP contribution in [0.25, 0.3) is 0 Å². The van der Waals surface area contributed by atoms with Gasteiger partial charge in [-0.3, -0.25) is 0 Å². The van der Waals surface area contributed by atoms with E-state index in [1.807, 2.05) is 114 Å². The smallest absolute Gasteiger partial charge is 0.192 e. The van der Waals surface area contributed by atoms with Crippen molar-refractivity contribution in [1.82, 2.24) is 9.44 Å². The van der Waals surface area contributed by atoms with E-state index in [0.717, 1.165) is 37.2 Å². The van der Waals surface area contributed by atoms with E-state index in [0.29, 0.717) is 13.2 Å². The van der Waals surface area contributed by atoms with E-state index in [-0.39, 0.29) is 43.9 Å². The molecule has 0 aliphatic heterocycles. The van der Waals surface area contributed by atoms with Gasteiger partial charge in [0.15, 0.2) is 16.6 Å². The van der Waals surface area contributed by atoms with Gasteiger partial charge >= 0.3 is 0 Å². The molecule has 0 heterocycles. The van der Waals surface area contributed by atoms with E-state index in [1.54, 1.807) is 0 Å². The van der Waals surface area contributed by atoms with Crippen molar-refractivity contribution in [2.24, 2.45) is 0 Å². The molecule has 0 bridgehead atoms. The SMILES string of the molecule is C=CCC[C@@H](N[S@@](=O)C(C)(C)C)[C@@H](COc1ccccc1)O[Si](C)(C)C(C)(C)C.C=CCC[C@H](N[S@@](=O)C(C)(C)C)[C@@H](COc1ccccc1)O[Si](C)(C)C(C)(C)C. The van der Waals surface area contributed by atoms with Gasteiger partial charge in [-0.15, -0.1) is 13.2 Å². The van der Waals surface area contributed by atoms with Crippen LogP contribution in [0, 0.1) is 0 Å². The van der Waals surface area contributed by atoms with E-state index in [9.17, 15) is 8.42 Å². The zero-order chi connectivity index (χ0) is 44.6. The number of benzene rings is 2. The zero-order valence-corrected chi connectivity index (χ0v) is 42.8. The van der Waals surface area contributed by atoms with E-state index in [4.69, 9.17) is 18.3 Å². The highest BCUT2D eigenvalue weighted by atomic mass is 32.2. The minimum absolute atomic E-state index is 0.0736. The fraction of sp³-hybridized carbons (Fsp3) is 0.652. The van der Waals surface area contributed by atoms with Crippen LogP contribution in [0.4, 0.5) is 0 Å². The highest BCUT2D eigenvalue weighted by Crippen LogP contribution is 2.39. The summed E-state index contributed by atoms with van der Waals surface area (Å²) in [5, 5.41) is 0.147. The average molecular weight is 879 g/mol. The third-order valence-corrected chi connectivity index (χ3v) is 23.0. The second-order valence-corrected chi connectivity index (χ2v) is 33.5. The fourth-order valence-electron chi connectivity index (χ4n) is 4.83. The van der Waals surface area contributed by atoms with E-state index in [1.165, 1.54) is 0 Å². The molecule has 0 radical (unpaired) electrons. The monoisotopic (exact) mass is 879 g/mol. The van der Waals surface area contributed by atoms with Crippen molar-refractivity contribution in [3.05, 3.63) is 86.0 Å². The number of rotatable bonds is 22. The van der Waals surface area contributed by atoms with E-state index >= 15 is 0 Å². The van der Waals surface area contributed by atoms with Gasteiger partial charge in [-0.1, -0.05) is 90.1 Å². The lowest BCUT2D eigenvalue weighted by atomic mass is 10.1. The summed E-state index contributed by atoms with van der Waals surface area (Å²) in [5.41, 5.74) is 0. The van der Waals surface area contributed by atoms with Crippen LogP contribution in [0.5, 0.6) is 11.5 Å². The summed E-state index contributed by atoms with van der Waals surface area (Å²) >= 11 is 0. The third kappa shape index (κ3) is 19.6. The summed E-state index contributed by atoms with van der Waals surface area (Å²) in [6.07, 6.45) is 6.62. The maximum atomic E-state index is 12.9. The van der Waals surface area contributed by atoms with Gasteiger partial charge in [0, 0.05) is 12.1 Å². The Balaban J connectivity index is 0.000000580. The second kappa shape index (κ2) is 23.9. The molecule has 2 aromatic rings. The summed E-state index contributed by atoms with van der Waals surface area (Å²) < 4.78 is 57.5. The molecule has 58 heavy (non-hydrogen) atoms. The van der Waals surface area contributed by atoms with Crippen molar-refractivity contribution < 1.29 is 26.7 Å². The van der Waals surface area contributed by atoms with Gasteiger partial charge in [0.05, 0.1) is 43.7 Å². The molecule has 332 valence electrons. The van der Waals surface area contributed by atoms with Gasteiger partial charge in [0.2, 0.25) is 0 Å². The van der Waals surface area contributed by atoms with Gasteiger partial charge < -0.3 is 18.3 Å². The quantitative estimate of drug-likeness (QED) is 0.0904. The van der Waals surface area contributed by atoms with Gasteiger partial charge in [-0.05, 0) is 128 Å². The molecule has 2 aromatic carbocycles. The number of para-hydroxylation sites is 2. The average Bonchev–Trinajstić information content (AvgIpc) is 3.11. The molecule has 0 aliphatic carbocycles. The number of hydrogen-bond donors (Lipinski definition) is 2. The van der Waals surface area contributed by atoms with Crippen molar-refractivity contribution >= 4 is 38.6 Å². The third-order valence-electron chi connectivity index (χ3n) is 10.7. The van der Waals surface area contributed by atoms with Crippen LogP contribution in [-0.2, 0) is 30.8 Å². The summed E-state index contributed by atoms with van der Waals surface area (Å²) in [6.45, 7) is 42.8. The first-order valence-corrected chi connectivity index (χ1v) is 29.0. The van der Waals surface area contributed by atoms with Crippen LogP contribution in [0.15, 0.2) is 86.0 Å². The van der Waals surface area contributed by atoms with Crippen molar-refractivity contribution in [3.63, 3.8) is 0 Å². The Morgan fingerprint density at radius 3 is 1.10 bits per heavy atom. The molecule has 0 fully saturated rings. The molecule has 0 amide bonds. The maximum Gasteiger partial charge on any atom is 0.192 e. The molecule has 0 aromatic heterocycles. The fourth-order valence-corrected chi connectivity index (χ4v) is 9.31. The number of nitrogens with one attached hydrogen (secondary N) is 2. The van der Waals surface area contributed by atoms with E-state index < -0.39 is 38.6 Å². The van der Waals surface area contributed by atoms with Crippen LogP contribution >= 0.6 is 0 Å². The molecule has 0 aliphatic rings. The minimum atomic E-state index is -2.05. The topological polar surface area (TPSA) is 95.1 Å². The van der Waals surface area contributed by atoms with Crippen molar-refractivity contribution in [1.29, 1.82) is 0 Å². The van der Waals surface area contributed by atoms with Gasteiger partial charge in [-0.2, -0.15) is 0 Å². The standard InChI is InChI=1S/2C23H41NO3SSi/c2*1-10-11-17-20(24-28(25)22(2,3)4)21(27-29(8,9)23(5,6)7)18-26-19-15-13-12-14-16-19/h2*10,12-16,20-21,24H,1,11,17-18H2,2-9H3/t20-,21+,28-;20-,21-,28+/m01/s1. The number of ether oxygens (including phenoxy) is 2. The summed E-state index contributed by atoms with van der Waals surface area (Å²) in [5.74, 6) is 1.63. The first-order chi connectivity index (χ1) is 26.6. The Hall–Kier alpha value is -1.91. The first kappa shape index (κ1) is 54.1. The molecule has 0 saturated carbocycles. The van der Waals surface area contributed by atoms with Crippen molar-refractivity contribution in [2.45, 2.75) is 179 Å². The first-order valence-electron chi connectivity index (χ1n) is 20.8. The maximum absolute atomic E-state index is 12.9. The van der Waals surface area contributed by atoms with Gasteiger partial charge in [0.25, 0.3) is 0 Å². The molecule has 0 spiro atoms. The second-order valence-electron chi connectivity index (χ2n) is 20.0. The van der Waals surface area contributed by atoms with Crippen LogP contribution < -0.4 is 18.9 Å². The molecule has 0 unspecified atom stereocenters. The van der Waals surface area contributed by atoms with Crippen molar-refractivity contribution in [3.8, 4) is 11.5 Å². The Kier molecular flexibility index (Phi) is 22.3. The molecule has 0 saturated heterocycles. The lowest BCUT2D eigenvalue weighted by molar-refractivity contribution is 0.0862. The lowest BCUT2D eigenvalue weighted by Gasteiger charge is -2.41. The molecule has 8 nitrogen and oxygen atoms in total. The zero-order valence-electron chi connectivity index (χ0n) is 39.2. The molecular weight excluding hydrogens is 797 g/mol. The minimum Gasteiger partial charge on any atom is -0.491 e. The molecule has 2 N–H and O–H groups in total. The molecule has 2 rings (SSSR count). The summed E-state index contributed by atoms with van der Waals surface area (Å²) in [4.78, 5) is 0. The normalized spacial score (nSPS) is 16.1. The van der Waals surface area contributed by atoms with E-state index in [2.05, 4.69) is 90.3 Å². The highest BCUT2D eigenvalue weighted by Gasteiger charge is 2.43. The highest BCUT2D eigenvalue weighted by molar-refractivity contribution is 7.84.